The summed E-state index contributed by atoms with van der Waals surface area (Å²) in [7, 11) is 0. The highest BCUT2D eigenvalue weighted by Crippen LogP contribution is 2.22. The first-order chi connectivity index (χ1) is 6.75. The van der Waals surface area contributed by atoms with E-state index < -0.39 is 0 Å². The summed E-state index contributed by atoms with van der Waals surface area (Å²) in [5.74, 6) is 0. The zero-order valence-corrected chi connectivity index (χ0v) is 10.3. The normalized spacial score (nSPS) is 10.1. The SMILES string of the molecule is Brc1cc(Br)nc(-c2ccccn2)c1. The number of nitrogens with zero attached hydrogens (tertiary/aromatic N) is 2. The lowest BCUT2D eigenvalue weighted by atomic mass is 10.2. The molecule has 0 radical (unpaired) electrons. The van der Waals surface area contributed by atoms with Crippen LogP contribution in [0.1, 0.15) is 0 Å². The van der Waals surface area contributed by atoms with Crippen LogP contribution in [0, 0.1) is 0 Å². The molecule has 2 aromatic rings. The molecular weight excluding hydrogens is 308 g/mol. The summed E-state index contributed by atoms with van der Waals surface area (Å²) in [6.07, 6.45) is 1.76. The summed E-state index contributed by atoms with van der Waals surface area (Å²) >= 11 is 6.75. The zero-order valence-electron chi connectivity index (χ0n) is 7.11. The Bertz CT molecular complexity index is 423. The molecule has 2 rings (SSSR count). The van der Waals surface area contributed by atoms with Gasteiger partial charge in [-0.1, -0.05) is 22.0 Å². The van der Waals surface area contributed by atoms with E-state index in [1.165, 1.54) is 0 Å². The third-order valence-corrected chi connectivity index (χ3v) is 2.55. The van der Waals surface area contributed by atoms with Crippen LogP contribution in [0.25, 0.3) is 11.4 Å². The van der Waals surface area contributed by atoms with Gasteiger partial charge in [0.1, 0.15) is 4.60 Å². The Hall–Kier alpha value is -0.740. The van der Waals surface area contributed by atoms with Crippen LogP contribution in [0.15, 0.2) is 45.6 Å². The third kappa shape index (κ3) is 2.19. The number of hydrogen-bond donors (Lipinski definition) is 0. The number of hydrogen-bond acceptors (Lipinski definition) is 2. The van der Waals surface area contributed by atoms with Gasteiger partial charge in [-0.25, -0.2) is 4.98 Å². The average Bonchev–Trinajstić information content (AvgIpc) is 2.18. The molecule has 2 nitrogen and oxygen atoms in total. The quantitative estimate of drug-likeness (QED) is 0.751. The van der Waals surface area contributed by atoms with Gasteiger partial charge in [0.05, 0.1) is 11.4 Å². The molecule has 0 aliphatic heterocycles. The van der Waals surface area contributed by atoms with Crippen molar-refractivity contribution in [2.24, 2.45) is 0 Å². The van der Waals surface area contributed by atoms with Crippen molar-refractivity contribution >= 4 is 31.9 Å². The average molecular weight is 314 g/mol. The fourth-order valence-electron chi connectivity index (χ4n) is 1.11. The Morgan fingerprint density at radius 2 is 1.86 bits per heavy atom. The van der Waals surface area contributed by atoms with Crippen molar-refractivity contribution in [1.82, 2.24) is 9.97 Å². The van der Waals surface area contributed by atoms with Gasteiger partial charge >= 0.3 is 0 Å². The molecule has 0 atom stereocenters. The molecular formula is C10H6Br2N2. The van der Waals surface area contributed by atoms with E-state index in [1.807, 2.05) is 30.3 Å². The van der Waals surface area contributed by atoms with Crippen LogP contribution < -0.4 is 0 Å². The van der Waals surface area contributed by atoms with Crippen LogP contribution in [0.2, 0.25) is 0 Å². The van der Waals surface area contributed by atoms with Gasteiger partial charge in [-0.05, 0) is 40.2 Å². The maximum absolute atomic E-state index is 4.33. The predicted octanol–water partition coefficient (Wildman–Crippen LogP) is 3.67. The number of rotatable bonds is 1. The first-order valence-electron chi connectivity index (χ1n) is 4.00. The van der Waals surface area contributed by atoms with Crippen LogP contribution in [0.4, 0.5) is 0 Å². The lowest BCUT2D eigenvalue weighted by Gasteiger charge is -2.00. The molecule has 4 heteroatoms. The summed E-state index contributed by atoms with van der Waals surface area (Å²) in [5.41, 5.74) is 1.72. The van der Waals surface area contributed by atoms with Crippen LogP contribution in [-0.2, 0) is 0 Å². The van der Waals surface area contributed by atoms with Gasteiger partial charge in [-0.2, -0.15) is 0 Å². The molecule has 0 unspecified atom stereocenters. The van der Waals surface area contributed by atoms with E-state index in [-0.39, 0.29) is 0 Å². The van der Waals surface area contributed by atoms with Crippen LogP contribution in [0.5, 0.6) is 0 Å². The van der Waals surface area contributed by atoms with Gasteiger partial charge in [0, 0.05) is 10.7 Å². The highest BCUT2D eigenvalue weighted by atomic mass is 79.9. The van der Waals surface area contributed by atoms with Crippen LogP contribution in [-0.4, -0.2) is 9.97 Å². The van der Waals surface area contributed by atoms with Crippen molar-refractivity contribution in [3.63, 3.8) is 0 Å². The van der Waals surface area contributed by atoms with Crippen molar-refractivity contribution < 1.29 is 0 Å². The molecule has 0 aliphatic carbocycles. The fourth-order valence-corrected chi connectivity index (χ4v) is 2.29. The van der Waals surface area contributed by atoms with Gasteiger partial charge in [-0.3, -0.25) is 4.98 Å². The Balaban J connectivity index is 2.52. The van der Waals surface area contributed by atoms with E-state index in [9.17, 15) is 0 Å². The molecule has 0 spiro atoms. The van der Waals surface area contributed by atoms with E-state index in [2.05, 4.69) is 41.8 Å². The second kappa shape index (κ2) is 4.19. The smallest absolute Gasteiger partial charge is 0.107 e. The lowest BCUT2D eigenvalue weighted by Crippen LogP contribution is -1.87. The first-order valence-corrected chi connectivity index (χ1v) is 5.59. The summed E-state index contributed by atoms with van der Waals surface area (Å²) < 4.78 is 1.78. The van der Waals surface area contributed by atoms with Crippen molar-refractivity contribution in [1.29, 1.82) is 0 Å². The molecule has 0 saturated heterocycles. The topological polar surface area (TPSA) is 25.8 Å². The second-order valence-corrected chi connectivity index (χ2v) is 4.44. The van der Waals surface area contributed by atoms with Gasteiger partial charge in [-0.15, -0.1) is 0 Å². The molecule has 0 aromatic carbocycles. The number of aromatic nitrogens is 2. The van der Waals surface area contributed by atoms with Crippen molar-refractivity contribution in [2.45, 2.75) is 0 Å². The van der Waals surface area contributed by atoms with Crippen molar-refractivity contribution in [3.8, 4) is 11.4 Å². The Kier molecular flexibility index (Phi) is 2.93. The van der Waals surface area contributed by atoms with Crippen molar-refractivity contribution in [3.05, 3.63) is 45.6 Å². The molecule has 70 valence electrons. The second-order valence-electron chi connectivity index (χ2n) is 2.71. The lowest BCUT2D eigenvalue weighted by molar-refractivity contribution is 1.22. The minimum atomic E-state index is 0.799. The molecule has 0 fully saturated rings. The monoisotopic (exact) mass is 312 g/mol. The minimum Gasteiger partial charge on any atom is -0.255 e. The van der Waals surface area contributed by atoms with Gasteiger partial charge in [0.2, 0.25) is 0 Å². The summed E-state index contributed by atoms with van der Waals surface area (Å²) in [5, 5.41) is 0. The molecule has 0 aliphatic rings. The molecule has 2 aromatic heterocycles. The minimum absolute atomic E-state index is 0.799. The Morgan fingerprint density at radius 1 is 1.00 bits per heavy atom. The van der Waals surface area contributed by atoms with E-state index in [0.29, 0.717) is 0 Å². The molecule has 0 amide bonds. The zero-order chi connectivity index (χ0) is 9.97. The van der Waals surface area contributed by atoms with E-state index in [0.717, 1.165) is 20.5 Å². The van der Waals surface area contributed by atoms with Gasteiger partial charge < -0.3 is 0 Å². The Labute approximate surface area is 98.7 Å². The Morgan fingerprint density at radius 3 is 2.50 bits per heavy atom. The van der Waals surface area contributed by atoms with E-state index in [4.69, 9.17) is 0 Å². The molecule has 2 heterocycles. The maximum atomic E-state index is 4.33. The number of halogens is 2. The third-order valence-electron chi connectivity index (χ3n) is 1.69. The highest BCUT2D eigenvalue weighted by Gasteiger charge is 2.02. The maximum Gasteiger partial charge on any atom is 0.107 e. The predicted molar refractivity (Wildman–Crippen MR) is 62.9 cm³/mol. The molecule has 0 N–H and O–H groups in total. The largest absolute Gasteiger partial charge is 0.255 e. The fraction of sp³-hybridized carbons (Fsp3) is 0. The molecule has 0 saturated carbocycles. The standard InChI is InChI=1S/C10H6Br2N2/c11-7-5-9(14-10(12)6-7)8-3-1-2-4-13-8/h1-6H. The summed E-state index contributed by atoms with van der Waals surface area (Å²) in [6.45, 7) is 0. The van der Waals surface area contributed by atoms with Crippen molar-refractivity contribution in [2.75, 3.05) is 0 Å². The van der Waals surface area contributed by atoms with E-state index >= 15 is 0 Å². The van der Waals surface area contributed by atoms with Gasteiger partial charge in [0.25, 0.3) is 0 Å². The molecule has 14 heavy (non-hydrogen) atoms. The first kappa shape index (κ1) is 9.80. The number of pyridine rings is 2. The highest BCUT2D eigenvalue weighted by molar-refractivity contribution is 9.11. The van der Waals surface area contributed by atoms with Crippen LogP contribution >= 0.6 is 31.9 Å². The van der Waals surface area contributed by atoms with Crippen LogP contribution in [0.3, 0.4) is 0 Å². The molecule has 0 bridgehead atoms. The summed E-state index contributed by atoms with van der Waals surface area (Å²) in [4.78, 5) is 8.56. The summed E-state index contributed by atoms with van der Waals surface area (Å²) in [6, 6.07) is 9.59. The van der Waals surface area contributed by atoms with E-state index in [1.54, 1.807) is 6.20 Å². The van der Waals surface area contributed by atoms with Gasteiger partial charge in [0.15, 0.2) is 0 Å².